The summed E-state index contributed by atoms with van der Waals surface area (Å²) in [6, 6.07) is 3.77. The molecule has 4 heteroatoms. The number of halogens is 1. The number of anilines is 1. The number of nitrogens with one attached hydrogen (secondary N) is 2. The fourth-order valence-corrected chi connectivity index (χ4v) is 1.95. The van der Waals surface area contributed by atoms with Crippen LogP contribution in [-0.4, -0.2) is 24.6 Å². The Labute approximate surface area is 95.2 Å². The molecule has 0 aliphatic carbocycles. The van der Waals surface area contributed by atoms with Crippen LogP contribution in [0.3, 0.4) is 0 Å². The topological polar surface area (TPSA) is 37.0 Å². The third-order valence-electron chi connectivity index (χ3n) is 2.72. The van der Waals surface area contributed by atoms with Gasteiger partial charge in [0.1, 0.15) is 5.15 Å². The summed E-state index contributed by atoms with van der Waals surface area (Å²) < 4.78 is 0. The maximum absolute atomic E-state index is 5.71. The van der Waals surface area contributed by atoms with E-state index in [2.05, 4.69) is 15.6 Å². The van der Waals surface area contributed by atoms with Gasteiger partial charge < -0.3 is 10.6 Å². The first-order valence-corrected chi connectivity index (χ1v) is 5.78. The number of hydrogen-bond donors (Lipinski definition) is 2. The Kier molecular flexibility index (Phi) is 3.80. The molecule has 1 aliphatic heterocycles. The van der Waals surface area contributed by atoms with Gasteiger partial charge in [-0.25, -0.2) is 4.98 Å². The maximum atomic E-state index is 5.71. The summed E-state index contributed by atoms with van der Waals surface area (Å²) in [7, 11) is 0. The second-order valence-electron chi connectivity index (χ2n) is 3.96. The first-order chi connectivity index (χ1) is 7.34. The van der Waals surface area contributed by atoms with E-state index in [4.69, 9.17) is 11.6 Å². The summed E-state index contributed by atoms with van der Waals surface area (Å²) in [5, 5.41) is 7.33. The van der Waals surface area contributed by atoms with Gasteiger partial charge in [0.25, 0.3) is 0 Å². The Morgan fingerprint density at radius 3 is 3.13 bits per heavy atom. The average molecular weight is 226 g/mol. The van der Waals surface area contributed by atoms with Gasteiger partial charge in [0, 0.05) is 6.54 Å². The lowest BCUT2D eigenvalue weighted by atomic mass is 10.00. The highest BCUT2D eigenvalue weighted by atomic mass is 35.5. The first kappa shape index (κ1) is 10.7. The van der Waals surface area contributed by atoms with Gasteiger partial charge in [-0.2, -0.15) is 0 Å². The van der Waals surface area contributed by atoms with Crippen LogP contribution in [-0.2, 0) is 0 Å². The van der Waals surface area contributed by atoms with Crippen molar-refractivity contribution in [2.45, 2.75) is 12.8 Å². The first-order valence-electron chi connectivity index (χ1n) is 5.41. The molecular formula is C11H16ClN3. The largest absolute Gasteiger partial charge is 0.383 e. The lowest BCUT2D eigenvalue weighted by molar-refractivity contribution is 0.393. The Hall–Kier alpha value is -0.800. The fourth-order valence-electron chi connectivity index (χ4n) is 1.84. The zero-order valence-electron chi connectivity index (χ0n) is 8.67. The van der Waals surface area contributed by atoms with Crippen molar-refractivity contribution in [1.29, 1.82) is 0 Å². The van der Waals surface area contributed by atoms with Crippen LogP contribution in [0.25, 0.3) is 0 Å². The summed E-state index contributed by atoms with van der Waals surface area (Å²) in [5.74, 6) is 0.731. The lowest BCUT2D eigenvalue weighted by Gasteiger charge is -2.23. The summed E-state index contributed by atoms with van der Waals surface area (Å²) in [4.78, 5) is 4.03. The van der Waals surface area contributed by atoms with Crippen LogP contribution in [0.2, 0.25) is 5.15 Å². The smallest absolute Gasteiger partial charge is 0.129 e. The molecule has 0 bridgehead atoms. The number of rotatable bonds is 3. The molecule has 82 valence electrons. The van der Waals surface area contributed by atoms with E-state index in [1.54, 1.807) is 6.20 Å². The van der Waals surface area contributed by atoms with Gasteiger partial charge in [0.15, 0.2) is 0 Å². The molecule has 15 heavy (non-hydrogen) atoms. The number of pyridine rings is 1. The second kappa shape index (κ2) is 5.33. The standard InChI is InChI=1S/C11H16ClN3/c12-11-4-3-10(8-15-11)14-7-9-2-1-5-13-6-9/h3-4,8-9,13-14H,1-2,5-7H2. The van der Waals surface area contributed by atoms with Gasteiger partial charge in [0.05, 0.1) is 11.9 Å². The van der Waals surface area contributed by atoms with Crippen LogP contribution < -0.4 is 10.6 Å². The molecule has 1 aromatic heterocycles. The van der Waals surface area contributed by atoms with E-state index in [-0.39, 0.29) is 0 Å². The van der Waals surface area contributed by atoms with Crippen molar-refractivity contribution in [2.24, 2.45) is 5.92 Å². The number of nitrogens with zero attached hydrogens (tertiary/aromatic N) is 1. The summed E-state index contributed by atoms with van der Waals surface area (Å²) in [6.07, 6.45) is 4.37. The van der Waals surface area contributed by atoms with Crippen molar-refractivity contribution in [1.82, 2.24) is 10.3 Å². The van der Waals surface area contributed by atoms with Gasteiger partial charge in [-0.05, 0) is 44.0 Å². The van der Waals surface area contributed by atoms with E-state index >= 15 is 0 Å². The number of piperidine rings is 1. The van der Waals surface area contributed by atoms with Crippen molar-refractivity contribution in [3.05, 3.63) is 23.5 Å². The zero-order valence-corrected chi connectivity index (χ0v) is 9.43. The van der Waals surface area contributed by atoms with Gasteiger partial charge in [0.2, 0.25) is 0 Å². The lowest BCUT2D eigenvalue weighted by Crippen LogP contribution is -2.33. The highest BCUT2D eigenvalue weighted by Crippen LogP contribution is 2.13. The van der Waals surface area contributed by atoms with Crippen LogP contribution in [0.1, 0.15) is 12.8 Å². The molecule has 2 rings (SSSR count). The van der Waals surface area contributed by atoms with Gasteiger partial charge in [-0.3, -0.25) is 0 Å². The maximum Gasteiger partial charge on any atom is 0.129 e. The number of aromatic nitrogens is 1. The highest BCUT2D eigenvalue weighted by Gasteiger charge is 2.12. The van der Waals surface area contributed by atoms with E-state index in [9.17, 15) is 0 Å². The minimum Gasteiger partial charge on any atom is -0.383 e. The van der Waals surface area contributed by atoms with Crippen LogP contribution in [0, 0.1) is 5.92 Å². The average Bonchev–Trinajstić information content (AvgIpc) is 2.30. The molecule has 0 aromatic carbocycles. The minimum atomic E-state index is 0.542. The van der Waals surface area contributed by atoms with Gasteiger partial charge in [-0.1, -0.05) is 11.6 Å². The fraction of sp³-hybridized carbons (Fsp3) is 0.545. The summed E-state index contributed by atoms with van der Waals surface area (Å²) in [5.41, 5.74) is 1.05. The Bertz CT molecular complexity index is 293. The summed E-state index contributed by atoms with van der Waals surface area (Å²) in [6.45, 7) is 3.29. The third kappa shape index (κ3) is 3.36. The summed E-state index contributed by atoms with van der Waals surface area (Å²) >= 11 is 5.71. The monoisotopic (exact) mass is 225 g/mol. The molecule has 0 spiro atoms. The van der Waals surface area contributed by atoms with Crippen molar-refractivity contribution in [3.8, 4) is 0 Å². The second-order valence-corrected chi connectivity index (χ2v) is 4.35. The van der Waals surface area contributed by atoms with Gasteiger partial charge in [-0.15, -0.1) is 0 Å². The zero-order chi connectivity index (χ0) is 10.5. The molecule has 1 unspecified atom stereocenters. The van der Waals surface area contributed by atoms with Crippen LogP contribution in [0.15, 0.2) is 18.3 Å². The van der Waals surface area contributed by atoms with Gasteiger partial charge >= 0.3 is 0 Å². The molecule has 2 N–H and O–H groups in total. The normalized spacial score (nSPS) is 21.3. The van der Waals surface area contributed by atoms with E-state index in [0.29, 0.717) is 5.15 Å². The van der Waals surface area contributed by atoms with Crippen LogP contribution in [0.5, 0.6) is 0 Å². The van der Waals surface area contributed by atoms with E-state index in [1.165, 1.54) is 19.4 Å². The molecule has 0 saturated carbocycles. The molecule has 1 fully saturated rings. The molecule has 1 aromatic rings. The van der Waals surface area contributed by atoms with E-state index in [0.717, 1.165) is 24.7 Å². The van der Waals surface area contributed by atoms with Crippen molar-refractivity contribution in [2.75, 3.05) is 25.0 Å². The molecule has 3 nitrogen and oxygen atoms in total. The Morgan fingerprint density at radius 2 is 2.47 bits per heavy atom. The molecule has 1 saturated heterocycles. The predicted molar refractivity (Wildman–Crippen MR) is 63.3 cm³/mol. The van der Waals surface area contributed by atoms with Crippen LogP contribution in [0.4, 0.5) is 5.69 Å². The molecule has 2 heterocycles. The molecule has 0 amide bonds. The van der Waals surface area contributed by atoms with Crippen molar-refractivity contribution >= 4 is 17.3 Å². The molecule has 0 radical (unpaired) electrons. The molecular weight excluding hydrogens is 210 g/mol. The Balaban J connectivity index is 1.79. The quantitative estimate of drug-likeness (QED) is 0.775. The predicted octanol–water partition coefficient (Wildman–Crippen LogP) is 2.15. The highest BCUT2D eigenvalue weighted by molar-refractivity contribution is 6.29. The number of hydrogen-bond acceptors (Lipinski definition) is 3. The third-order valence-corrected chi connectivity index (χ3v) is 2.94. The van der Waals surface area contributed by atoms with Crippen LogP contribution >= 0.6 is 11.6 Å². The van der Waals surface area contributed by atoms with E-state index in [1.807, 2.05) is 12.1 Å². The van der Waals surface area contributed by atoms with Crippen molar-refractivity contribution in [3.63, 3.8) is 0 Å². The minimum absolute atomic E-state index is 0.542. The Morgan fingerprint density at radius 1 is 1.53 bits per heavy atom. The van der Waals surface area contributed by atoms with E-state index < -0.39 is 0 Å². The van der Waals surface area contributed by atoms with Crippen molar-refractivity contribution < 1.29 is 0 Å². The SMILES string of the molecule is Clc1ccc(NCC2CCCNC2)cn1. The molecule has 1 atom stereocenters. The molecule has 1 aliphatic rings.